The summed E-state index contributed by atoms with van der Waals surface area (Å²) < 4.78 is 10.8. The number of aromatic hydroxyl groups is 1. The zero-order valence-electron chi connectivity index (χ0n) is 22.6. The van der Waals surface area contributed by atoms with Gasteiger partial charge in [-0.3, -0.25) is 9.59 Å². The number of phenolic OH excluding ortho intramolecular Hbond substituents is 1. The molecular formula is C32H36N2O6. The highest BCUT2D eigenvalue weighted by molar-refractivity contribution is 5.79. The average Bonchev–Trinajstić information content (AvgIpc) is 2.96. The lowest BCUT2D eigenvalue weighted by Gasteiger charge is -2.36. The number of ether oxygens (including phenoxy) is 2. The van der Waals surface area contributed by atoms with Crippen LogP contribution in [0.2, 0.25) is 0 Å². The van der Waals surface area contributed by atoms with Gasteiger partial charge in [-0.05, 0) is 59.7 Å². The first-order valence-corrected chi connectivity index (χ1v) is 13.1. The molecule has 3 aromatic rings. The molecular weight excluding hydrogens is 508 g/mol. The van der Waals surface area contributed by atoms with Gasteiger partial charge in [0.15, 0.2) is 0 Å². The molecule has 0 saturated carbocycles. The van der Waals surface area contributed by atoms with Gasteiger partial charge in [0.25, 0.3) is 0 Å². The number of aliphatic carboxylic acids is 1. The molecule has 1 heterocycles. The Bertz CT molecular complexity index is 1270. The number of carboxylic acid groups (broad SMARTS) is 1. The Morgan fingerprint density at radius 3 is 1.80 bits per heavy atom. The number of amides is 1. The first-order chi connectivity index (χ1) is 19.4. The second kappa shape index (κ2) is 15.6. The van der Waals surface area contributed by atoms with Crippen LogP contribution in [-0.4, -0.2) is 66.4 Å². The molecule has 4 rings (SSSR count). The van der Waals surface area contributed by atoms with E-state index in [-0.39, 0.29) is 18.1 Å². The fraction of sp³-hybridized carbons (Fsp3) is 0.250. The van der Waals surface area contributed by atoms with Gasteiger partial charge in [-0.1, -0.05) is 49.6 Å². The molecule has 0 unspecified atom stereocenters. The lowest BCUT2D eigenvalue weighted by Crippen LogP contribution is -2.49. The van der Waals surface area contributed by atoms with Crippen LogP contribution in [-0.2, 0) is 22.4 Å². The van der Waals surface area contributed by atoms with Crippen LogP contribution in [0.4, 0.5) is 5.69 Å². The molecule has 0 spiro atoms. The van der Waals surface area contributed by atoms with Crippen molar-refractivity contribution in [3.63, 3.8) is 0 Å². The molecule has 0 atom stereocenters. The minimum Gasteiger partial charge on any atom is -0.508 e. The van der Waals surface area contributed by atoms with Gasteiger partial charge in [-0.15, -0.1) is 0 Å². The molecule has 40 heavy (non-hydrogen) atoms. The Labute approximate surface area is 235 Å². The quantitative estimate of drug-likeness (QED) is 0.337. The van der Waals surface area contributed by atoms with E-state index in [0.717, 1.165) is 35.7 Å². The molecule has 0 aliphatic carbocycles. The van der Waals surface area contributed by atoms with Crippen molar-refractivity contribution < 1.29 is 29.3 Å². The number of phenols is 1. The number of benzene rings is 3. The zero-order chi connectivity index (χ0) is 28.7. The topological polar surface area (TPSA) is 99.5 Å². The van der Waals surface area contributed by atoms with Crippen LogP contribution < -0.4 is 14.4 Å². The summed E-state index contributed by atoms with van der Waals surface area (Å²) in [6, 6.07) is 21.9. The van der Waals surface area contributed by atoms with Crippen LogP contribution in [0, 0.1) is 0 Å². The number of nitrogens with zero attached hydrogens (tertiary/aromatic N) is 2. The standard InChI is InChI=1S/C21H24N2O3.C11H12O3/c1-2-14-26-20-5-3-4-17(15-20)16-21(25)23-12-10-22(11-13-23)18-6-8-19(24)9-7-18;1-2-6-14-10-5-3-4-9(7-10)8-11(12)13/h2-9,15,24H,1,10-14,16H2;2-5,7H,1,6,8H2,(H,12,13). The fourth-order valence-electron chi connectivity index (χ4n) is 4.14. The number of hydrogen-bond acceptors (Lipinski definition) is 6. The van der Waals surface area contributed by atoms with Crippen LogP contribution in [0.5, 0.6) is 17.2 Å². The molecule has 1 aliphatic heterocycles. The predicted octanol–water partition coefficient (Wildman–Crippen LogP) is 4.73. The second-order valence-corrected chi connectivity index (χ2v) is 9.13. The number of anilines is 1. The molecule has 1 fully saturated rings. The smallest absolute Gasteiger partial charge is 0.307 e. The Kier molecular flexibility index (Phi) is 11.7. The van der Waals surface area contributed by atoms with Crippen molar-refractivity contribution >= 4 is 17.6 Å². The van der Waals surface area contributed by atoms with E-state index in [2.05, 4.69) is 18.1 Å². The molecule has 8 nitrogen and oxygen atoms in total. The summed E-state index contributed by atoms with van der Waals surface area (Å²) in [4.78, 5) is 27.2. The molecule has 0 aromatic heterocycles. The van der Waals surface area contributed by atoms with E-state index in [1.165, 1.54) is 0 Å². The average molecular weight is 545 g/mol. The van der Waals surface area contributed by atoms with Crippen LogP contribution in [0.15, 0.2) is 98.1 Å². The van der Waals surface area contributed by atoms with Gasteiger partial charge >= 0.3 is 5.97 Å². The molecule has 1 amide bonds. The normalized spacial score (nSPS) is 12.5. The van der Waals surface area contributed by atoms with Crippen molar-refractivity contribution in [2.75, 3.05) is 44.3 Å². The SMILES string of the molecule is C=CCOc1cccc(CC(=O)N2CCN(c3ccc(O)cc3)CC2)c1.C=CCOc1cccc(CC(=O)O)c1. The maximum absolute atomic E-state index is 12.6. The van der Waals surface area contributed by atoms with Crippen LogP contribution >= 0.6 is 0 Å². The molecule has 0 radical (unpaired) electrons. The first kappa shape index (κ1) is 29.8. The van der Waals surface area contributed by atoms with E-state index in [1.807, 2.05) is 41.3 Å². The Hall–Kier alpha value is -4.72. The van der Waals surface area contributed by atoms with E-state index in [4.69, 9.17) is 14.6 Å². The van der Waals surface area contributed by atoms with E-state index in [0.29, 0.717) is 38.5 Å². The molecule has 3 aromatic carbocycles. The van der Waals surface area contributed by atoms with Gasteiger partial charge in [0.05, 0.1) is 12.8 Å². The van der Waals surface area contributed by atoms with Crippen LogP contribution in [0.1, 0.15) is 11.1 Å². The summed E-state index contributed by atoms with van der Waals surface area (Å²) >= 11 is 0. The van der Waals surface area contributed by atoms with E-state index in [9.17, 15) is 14.7 Å². The van der Waals surface area contributed by atoms with Gasteiger partial charge in [0.1, 0.15) is 30.5 Å². The summed E-state index contributed by atoms with van der Waals surface area (Å²) in [5, 5.41) is 18.0. The van der Waals surface area contributed by atoms with Crippen LogP contribution in [0.3, 0.4) is 0 Å². The maximum atomic E-state index is 12.6. The molecule has 0 bridgehead atoms. The summed E-state index contributed by atoms with van der Waals surface area (Å²) in [5.41, 5.74) is 2.76. The maximum Gasteiger partial charge on any atom is 0.307 e. The third-order valence-corrected chi connectivity index (χ3v) is 6.09. The molecule has 2 N–H and O–H groups in total. The monoisotopic (exact) mass is 544 g/mol. The molecule has 210 valence electrons. The number of carbonyl (C=O) groups excluding carboxylic acids is 1. The van der Waals surface area contributed by atoms with Crippen molar-refractivity contribution in [3.05, 3.63) is 109 Å². The number of carboxylic acids is 1. The van der Waals surface area contributed by atoms with Crippen molar-refractivity contribution in [2.45, 2.75) is 12.8 Å². The predicted molar refractivity (Wildman–Crippen MR) is 156 cm³/mol. The Morgan fingerprint density at radius 2 is 1.30 bits per heavy atom. The van der Waals surface area contributed by atoms with Crippen molar-refractivity contribution in [1.29, 1.82) is 0 Å². The summed E-state index contributed by atoms with van der Waals surface area (Å²) in [6.45, 7) is 11.0. The Balaban J connectivity index is 0.000000267. The van der Waals surface area contributed by atoms with Crippen molar-refractivity contribution in [1.82, 2.24) is 4.90 Å². The largest absolute Gasteiger partial charge is 0.508 e. The fourth-order valence-corrected chi connectivity index (χ4v) is 4.14. The number of hydrogen-bond donors (Lipinski definition) is 2. The highest BCUT2D eigenvalue weighted by atomic mass is 16.5. The zero-order valence-corrected chi connectivity index (χ0v) is 22.6. The number of rotatable bonds is 11. The molecule has 1 saturated heterocycles. The van der Waals surface area contributed by atoms with Crippen LogP contribution in [0.25, 0.3) is 0 Å². The number of carbonyl (C=O) groups is 2. The van der Waals surface area contributed by atoms with Crippen molar-refractivity contribution in [3.8, 4) is 17.2 Å². The van der Waals surface area contributed by atoms with E-state index in [1.54, 1.807) is 48.6 Å². The van der Waals surface area contributed by atoms with Gasteiger partial charge in [-0.25, -0.2) is 0 Å². The minimum absolute atomic E-state index is 0.0191. The molecule has 8 heteroatoms. The van der Waals surface area contributed by atoms with Gasteiger partial charge in [0.2, 0.25) is 5.91 Å². The second-order valence-electron chi connectivity index (χ2n) is 9.13. The number of piperazine rings is 1. The molecule has 1 aliphatic rings. The highest BCUT2D eigenvalue weighted by Gasteiger charge is 2.21. The van der Waals surface area contributed by atoms with Crippen molar-refractivity contribution in [2.24, 2.45) is 0 Å². The first-order valence-electron chi connectivity index (χ1n) is 13.1. The van der Waals surface area contributed by atoms with E-state index >= 15 is 0 Å². The van der Waals surface area contributed by atoms with Gasteiger partial charge in [0, 0.05) is 31.9 Å². The third kappa shape index (κ3) is 9.87. The third-order valence-electron chi connectivity index (χ3n) is 6.09. The Morgan fingerprint density at radius 1 is 0.775 bits per heavy atom. The van der Waals surface area contributed by atoms with Gasteiger partial charge < -0.3 is 29.5 Å². The highest BCUT2D eigenvalue weighted by Crippen LogP contribution is 2.21. The minimum atomic E-state index is -0.842. The lowest BCUT2D eigenvalue weighted by molar-refractivity contribution is -0.136. The summed E-state index contributed by atoms with van der Waals surface area (Å²) in [6.07, 6.45) is 3.74. The van der Waals surface area contributed by atoms with Gasteiger partial charge in [-0.2, -0.15) is 0 Å². The summed E-state index contributed by atoms with van der Waals surface area (Å²) in [7, 11) is 0. The van der Waals surface area contributed by atoms with E-state index < -0.39 is 5.97 Å². The lowest BCUT2D eigenvalue weighted by atomic mass is 10.1. The summed E-state index contributed by atoms with van der Waals surface area (Å²) in [5.74, 6) is 0.986.